The number of rotatable bonds is 5. The average Bonchev–Trinajstić information content (AvgIpc) is 2.78. The highest BCUT2D eigenvalue weighted by Gasteiger charge is 2.12. The maximum Gasteiger partial charge on any atom is 0.247 e. The van der Waals surface area contributed by atoms with Gasteiger partial charge in [0.15, 0.2) is 0 Å². The van der Waals surface area contributed by atoms with Gasteiger partial charge in [0.2, 0.25) is 20.0 Å². The van der Waals surface area contributed by atoms with Gasteiger partial charge in [0.05, 0.1) is 10.5 Å². The van der Waals surface area contributed by atoms with Crippen molar-refractivity contribution >= 4 is 48.8 Å². The van der Waals surface area contributed by atoms with E-state index in [1.165, 1.54) is 17.8 Å². The summed E-state index contributed by atoms with van der Waals surface area (Å²) in [4.78, 5) is 0.858. The Bertz CT molecular complexity index is 839. The minimum Gasteiger partial charge on any atom is -0.284 e. The van der Waals surface area contributed by atoms with E-state index in [-0.39, 0.29) is 4.21 Å². The van der Waals surface area contributed by atoms with E-state index in [9.17, 15) is 16.8 Å². The lowest BCUT2D eigenvalue weighted by Crippen LogP contribution is -2.09. The fourth-order valence-corrected chi connectivity index (χ4v) is 4.98. The van der Waals surface area contributed by atoms with Gasteiger partial charge in [-0.05, 0) is 36.4 Å². The Balaban J connectivity index is 2.12. The summed E-state index contributed by atoms with van der Waals surface area (Å²) in [5.41, 5.74) is 0.471. The summed E-state index contributed by atoms with van der Waals surface area (Å²) in [6, 6.07) is 9.90. The highest BCUT2D eigenvalue weighted by Crippen LogP contribution is 2.35. The molecular formula is C11H12N2O4S4. The predicted molar refractivity (Wildman–Crippen MR) is 84.7 cm³/mol. The molecule has 1 aromatic carbocycles. The van der Waals surface area contributed by atoms with Gasteiger partial charge in [-0.25, -0.2) is 22.0 Å². The number of primary sulfonamides is 1. The van der Waals surface area contributed by atoms with Crippen LogP contribution in [-0.4, -0.2) is 23.1 Å². The van der Waals surface area contributed by atoms with Crippen LogP contribution in [0, 0.1) is 0 Å². The third-order valence-electron chi connectivity index (χ3n) is 2.21. The van der Waals surface area contributed by atoms with Crippen molar-refractivity contribution in [3.05, 3.63) is 36.4 Å². The van der Waals surface area contributed by atoms with Crippen LogP contribution in [0.25, 0.3) is 0 Å². The molecule has 3 N–H and O–H groups in total. The summed E-state index contributed by atoms with van der Waals surface area (Å²) in [6.07, 6.45) is 1.08. The molecule has 0 saturated carbocycles. The summed E-state index contributed by atoms with van der Waals surface area (Å²) >= 11 is 2.46. The van der Waals surface area contributed by atoms with Gasteiger partial charge in [-0.15, -0.1) is 11.3 Å². The molecule has 1 heterocycles. The fraction of sp³-hybridized carbons (Fsp3) is 0.0909. The molecule has 0 spiro atoms. The molecule has 0 aliphatic heterocycles. The molecule has 2 aromatic rings. The van der Waals surface area contributed by atoms with E-state index in [4.69, 9.17) is 5.14 Å². The first-order valence-electron chi connectivity index (χ1n) is 5.52. The third kappa shape index (κ3) is 5.00. The Morgan fingerprint density at radius 1 is 1.05 bits per heavy atom. The SMILES string of the molecule is CS(=O)(=O)Nc1ccc(Sc2ccc(S(N)(=O)=O)s2)cc1. The van der Waals surface area contributed by atoms with Gasteiger partial charge in [-0.2, -0.15) is 0 Å². The zero-order chi connectivity index (χ0) is 15.7. The number of hydrogen-bond acceptors (Lipinski definition) is 6. The molecular weight excluding hydrogens is 352 g/mol. The Morgan fingerprint density at radius 2 is 1.67 bits per heavy atom. The van der Waals surface area contributed by atoms with Crippen LogP contribution in [0.4, 0.5) is 5.69 Å². The quantitative estimate of drug-likeness (QED) is 0.843. The number of sulfonamides is 2. The summed E-state index contributed by atoms with van der Waals surface area (Å²) < 4.78 is 47.8. The molecule has 0 amide bonds. The van der Waals surface area contributed by atoms with Crippen LogP contribution in [0.2, 0.25) is 0 Å². The van der Waals surface area contributed by atoms with Crippen molar-refractivity contribution in [1.82, 2.24) is 0 Å². The molecule has 0 aliphatic carbocycles. The first-order valence-corrected chi connectivity index (χ1v) is 10.6. The minimum atomic E-state index is -3.67. The van der Waals surface area contributed by atoms with E-state index in [0.717, 1.165) is 26.7 Å². The van der Waals surface area contributed by atoms with Crippen molar-refractivity contribution in [3.8, 4) is 0 Å². The van der Waals surface area contributed by atoms with E-state index >= 15 is 0 Å². The predicted octanol–water partition coefficient (Wildman–Crippen LogP) is 1.92. The smallest absolute Gasteiger partial charge is 0.247 e. The molecule has 0 fully saturated rings. The second kappa shape index (κ2) is 5.97. The van der Waals surface area contributed by atoms with Crippen molar-refractivity contribution in [2.75, 3.05) is 11.0 Å². The van der Waals surface area contributed by atoms with Crippen LogP contribution in [0.3, 0.4) is 0 Å². The maximum atomic E-state index is 11.2. The maximum absolute atomic E-state index is 11.2. The molecule has 0 atom stereocenters. The number of nitrogens with one attached hydrogen (secondary N) is 1. The first kappa shape index (κ1) is 16.3. The number of hydrogen-bond donors (Lipinski definition) is 2. The van der Waals surface area contributed by atoms with E-state index in [2.05, 4.69) is 4.72 Å². The summed E-state index contributed by atoms with van der Waals surface area (Å²) in [7, 11) is -6.97. The summed E-state index contributed by atoms with van der Waals surface area (Å²) in [5, 5.41) is 5.05. The van der Waals surface area contributed by atoms with Crippen molar-refractivity contribution in [2.24, 2.45) is 5.14 Å². The highest BCUT2D eigenvalue weighted by atomic mass is 32.3. The van der Waals surface area contributed by atoms with Crippen LogP contribution < -0.4 is 9.86 Å². The van der Waals surface area contributed by atoms with Crippen molar-refractivity contribution in [2.45, 2.75) is 13.3 Å². The highest BCUT2D eigenvalue weighted by molar-refractivity contribution is 8.01. The van der Waals surface area contributed by atoms with Gasteiger partial charge in [0, 0.05) is 10.6 Å². The van der Waals surface area contributed by atoms with E-state index in [1.54, 1.807) is 30.3 Å². The molecule has 6 nitrogen and oxygen atoms in total. The lowest BCUT2D eigenvalue weighted by atomic mass is 10.3. The molecule has 0 aliphatic rings. The lowest BCUT2D eigenvalue weighted by molar-refractivity contribution is 0.599. The van der Waals surface area contributed by atoms with Crippen molar-refractivity contribution in [3.63, 3.8) is 0 Å². The zero-order valence-corrected chi connectivity index (χ0v) is 14.1. The van der Waals surface area contributed by atoms with Crippen LogP contribution >= 0.6 is 23.1 Å². The van der Waals surface area contributed by atoms with E-state index in [0.29, 0.717) is 5.69 Å². The largest absolute Gasteiger partial charge is 0.284 e. The van der Waals surface area contributed by atoms with Gasteiger partial charge in [0.25, 0.3) is 0 Å². The number of anilines is 1. The summed E-state index contributed by atoms with van der Waals surface area (Å²) in [5.74, 6) is 0. The van der Waals surface area contributed by atoms with E-state index in [1.807, 2.05) is 0 Å². The zero-order valence-electron chi connectivity index (χ0n) is 10.8. The molecule has 0 bridgehead atoms. The van der Waals surface area contributed by atoms with Crippen LogP contribution in [0.5, 0.6) is 0 Å². The third-order valence-corrected chi connectivity index (χ3v) is 6.48. The van der Waals surface area contributed by atoms with Crippen LogP contribution in [0.1, 0.15) is 0 Å². The number of nitrogens with two attached hydrogens (primary N) is 1. The Labute approximate surface area is 131 Å². The monoisotopic (exact) mass is 364 g/mol. The normalized spacial score (nSPS) is 12.3. The Hall–Kier alpha value is -1.07. The molecule has 114 valence electrons. The van der Waals surface area contributed by atoms with Crippen molar-refractivity contribution < 1.29 is 16.8 Å². The standard InChI is InChI=1S/C11H12N2O4S4/c1-20(14,15)13-8-2-4-9(5-3-8)18-10-6-7-11(19-10)21(12,16)17/h2-7,13H,1H3,(H2,12,16,17). The Morgan fingerprint density at radius 3 is 2.14 bits per heavy atom. The molecule has 0 saturated heterocycles. The first-order chi connectivity index (χ1) is 9.63. The average molecular weight is 364 g/mol. The van der Waals surface area contributed by atoms with Crippen molar-refractivity contribution in [1.29, 1.82) is 0 Å². The lowest BCUT2D eigenvalue weighted by Gasteiger charge is -2.04. The topological polar surface area (TPSA) is 106 Å². The van der Waals surface area contributed by atoms with Gasteiger partial charge >= 0.3 is 0 Å². The Kier molecular flexibility index (Phi) is 4.63. The molecule has 0 unspecified atom stereocenters. The molecule has 10 heteroatoms. The fourth-order valence-electron chi connectivity index (χ4n) is 1.43. The number of benzene rings is 1. The van der Waals surface area contributed by atoms with E-state index < -0.39 is 20.0 Å². The van der Waals surface area contributed by atoms with Gasteiger partial charge in [0.1, 0.15) is 4.21 Å². The molecule has 1 aromatic heterocycles. The minimum absolute atomic E-state index is 0.111. The second-order valence-corrected chi connectivity index (χ2v) is 10.1. The number of thiophene rings is 1. The van der Waals surface area contributed by atoms with Gasteiger partial charge in [-0.1, -0.05) is 11.8 Å². The van der Waals surface area contributed by atoms with Crippen LogP contribution in [0.15, 0.2) is 49.7 Å². The molecule has 0 radical (unpaired) electrons. The molecule has 21 heavy (non-hydrogen) atoms. The van der Waals surface area contributed by atoms with Gasteiger partial charge < -0.3 is 0 Å². The van der Waals surface area contributed by atoms with Gasteiger partial charge in [-0.3, -0.25) is 4.72 Å². The molecule has 2 rings (SSSR count). The van der Waals surface area contributed by atoms with Crippen LogP contribution in [-0.2, 0) is 20.0 Å². The second-order valence-electron chi connectivity index (χ2n) is 4.12. The summed E-state index contributed by atoms with van der Waals surface area (Å²) in [6.45, 7) is 0.